The van der Waals surface area contributed by atoms with E-state index in [0.717, 1.165) is 32.4 Å². The van der Waals surface area contributed by atoms with Gasteiger partial charge in [0.2, 0.25) is 5.91 Å². The number of likely N-dealkylation sites (tertiary alicyclic amines) is 1. The van der Waals surface area contributed by atoms with E-state index in [1.807, 2.05) is 11.8 Å². The van der Waals surface area contributed by atoms with Crippen LogP contribution in [0.2, 0.25) is 0 Å². The summed E-state index contributed by atoms with van der Waals surface area (Å²) in [6.07, 6.45) is 3.60. The summed E-state index contributed by atoms with van der Waals surface area (Å²) in [4.78, 5) is 24.0. The third kappa shape index (κ3) is 5.17. The Kier molecular flexibility index (Phi) is 5.97. The molecule has 1 unspecified atom stereocenters. The van der Waals surface area contributed by atoms with E-state index in [4.69, 9.17) is 5.11 Å². The molecule has 0 aromatic rings. The van der Waals surface area contributed by atoms with Crippen molar-refractivity contribution >= 4 is 11.9 Å². The number of hydrogen-bond acceptors (Lipinski definition) is 3. The molecule has 1 amide bonds. The van der Waals surface area contributed by atoms with Crippen LogP contribution < -0.4 is 5.32 Å². The maximum atomic E-state index is 11.7. The predicted molar refractivity (Wildman–Crippen MR) is 64.7 cm³/mol. The number of hydrogen-bond donors (Lipinski definition) is 2. The van der Waals surface area contributed by atoms with Gasteiger partial charge in [0.15, 0.2) is 0 Å². The fourth-order valence-electron chi connectivity index (χ4n) is 2.21. The van der Waals surface area contributed by atoms with Crippen LogP contribution in [0.1, 0.15) is 32.6 Å². The molecule has 0 aliphatic carbocycles. The first-order chi connectivity index (χ1) is 8.13. The maximum Gasteiger partial charge on any atom is 0.317 e. The van der Waals surface area contributed by atoms with E-state index in [2.05, 4.69) is 5.32 Å². The number of carboxylic acids is 1. The van der Waals surface area contributed by atoms with Gasteiger partial charge in [-0.1, -0.05) is 6.92 Å². The lowest BCUT2D eigenvalue weighted by Gasteiger charge is -2.33. The number of nitrogens with one attached hydrogen (secondary N) is 1. The van der Waals surface area contributed by atoms with Gasteiger partial charge < -0.3 is 15.3 Å². The van der Waals surface area contributed by atoms with Crippen molar-refractivity contribution in [2.24, 2.45) is 5.92 Å². The summed E-state index contributed by atoms with van der Waals surface area (Å²) in [5.41, 5.74) is 0. The summed E-state index contributed by atoms with van der Waals surface area (Å²) in [7, 11) is 0. The second-order valence-corrected chi connectivity index (χ2v) is 4.62. The van der Waals surface area contributed by atoms with E-state index < -0.39 is 5.97 Å². The minimum atomic E-state index is -0.834. The van der Waals surface area contributed by atoms with Crippen LogP contribution in [0.3, 0.4) is 0 Å². The van der Waals surface area contributed by atoms with E-state index >= 15 is 0 Å². The molecule has 98 valence electrons. The first-order valence-electron chi connectivity index (χ1n) is 6.33. The van der Waals surface area contributed by atoms with Gasteiger partial charge >= 0.3 is 5.97 Å². The quantitative estimate of drug-likeness (QED) is 0.719. The second kappa shape index (κ2) is 7.27. The van der Waals surface area contributed by atoms with E-state index in [1.165, 1.54) is 0 Å². The molecule has 1 aliphatic rings. The van der Waals surface area contributed by atoms with Crippen molar-refractivity contribution in [1.29, 1.82) is 0 Å². The Balaban J connectivity index is 2.28. The normalized spacial score (nSPS) is 20.3. The maximum absolute atomic E-state index is 11.7. The van der Waals surface area contributed by atoms with Crippen molar-refractivity contribution in [2.45, 2.75) is 32.6 Å². The van der Waals surface area contributed by atoms with Crippen molar-refractivity contribution in [3.63, 3.8) is 0 Å². The van der Waals surface area contributed by atoms with Crippen LogP contribution in [0.15, 0.2) is 0 Å². The number of carboxylic acid groups (broad SMARTS) is 1. The van der Waals surface area contributed by atoms with Gasteiger partial charge in [0.25, 0.3) is 0 Å². The molecule has 1 atom stereocenters. The highest BCUT2D eigenvalue weighted by Gasteiger charge is 2.22. The molecule has 0 radical (unpaired) electrons. The molecule has 0 bridgehead atoms. The smallest absolute Gasteiger partial charge is 0.317 e. The number of amides is 1. The van der Waals surface area contributed by atoms with Gasteiger partial charge in [0.05, 0.1) is 6.54 Å². The molecule has 5 nitrogen and oxygen atoms in total. The number of piperidine rings is 1. The number of carbonyl (C=O) groups excluding carboxylic acids is 1. The number of nitrogens with zero attached hydrogens (tertiary/aromatic N) is 1. The number of aliphatic carboxylic acids is 1. The van der Waals surface area contributed by atoms with Crippen molar-refractivity contribution in [1.82, 2.24) is 10.2 Å². The lowest BCUT2D eigenvalue weighted by molar-refractivity contribution is -0.136. The first kappa shape index (κ1) is 14.0. The zero-order valence-electron chi connectivity index (χ0n) is 10.4. The van der Waals surface area contributed by atoms with Crippen LogP contribution in [0.4, 0.5) is 0 Å². The van der Waals surface area contributed by atoms with Gasteiger partial charge in [-0.2, -0.15) is 0 Å². The van der Waals surface area contributed by atoms with Crippen LogP contribution >= 0.6 is 0 Å². The number of rotatable bonds is 6. The fraction of sp³-hybridized carbons (Fsp3) is 0.833. The monoisotopic (exact) mass is 242 g/mol. The predicted octanol–water partition coefficient (Wildman–Crippen LogP) is 0.699. The average Bonchev–Trinajstić information content (AvgIpc) is 2.29. The summed E-state index contributed by atoms with van der Waals surface area (Å²) >= 11 is 0. The van der Waals surface area contributed by atoms with Crippen LogP contribution in [-0.2, 0) is 9.59 Å². The van der Waals surface area contributed by atoms with Crippen LogP contribution in [0.25, 0.3) is 0 Å². The molecule has 0 spiro atoms. The highest BCUT2D eigenvalue weighted by atomic mass is 16.4. The Bertz CT molecular complexity index is 268. The van der Waals surface area contributed by atoms with Crippen LogP contribution in [-0.4, -0.2) is 48.1 Å². The largest absolute Gasteiger partial charge is 0.480 e. The van der Waals surface area contributed by atoms with Gasteiger partial charge in [-0.05, 0) is 25.2 Å². The Labute approximate surface area is 102 Å². The molecule has 0 aromatic carbocycles. The fourth-order valence-corrected chi connectivity index (χ4v) is 2.21. The molecule has 1 aliphatic heterocycles. The van der Waals surface area contributed by atoms with Crippen LogP contribution in [0, 0.1) is 5.92 Å². The first-order valence-corrected chi connectivity index (χ1v) is 6.33. The average molecular weight is 242 g/mol. The Morgan fingerprint density at radius 1 is 1.47 bits per heavy atom. The van der Waals surface area contributed by atoms with E-state index in [0.29, 0.717) is 18.9 Å². The summed E-state index contributed by atoms with van der Waals surface area (Å²) in [6.45, 7) is 4.31. The van der Waals surface area contributed by atoms with Crippen LogP contribution in [0.5, 0.6) is 0 Å². The highest BCUT2D eigenvalue weighted by molar-refractivity contribution is 5.76. The van der Waals surface area contributed by atoms with Crippen molar-refractivity contribution < 1.29 is 14.7 Å². The molecule has 2 N–H and O–H groups in total. The zero-order chi connectivity index (χ0) is 12.7. The third-order valence-corrected chi connectivity index (χ3v) is 3.04. The SMILES string of the molecule is CCCC(=O)N1CCCC(CNCC(=O)O)C1. The molecule has 0 aromatic heterocycles. The number of carbonyl (C=O) groups is 2. The molecule has 1 rings (SSSR count). The van der Waals surface area contributed by atoms with Crippen molar-refractivity contribution in [2.75, 3.05) is 26.2 Å². The molecule has 0 saturated carbocycles. The summed E-state index contributed by atoms with van der Waals surface area (Å²) in [5, 5.41) is 11.4. The third-order valence-electron chi connectivity index (χ3n) is 3.04. The lowest BCUT2D eigenvalue weighted by Crippen LogP contribution is -2.43. The molecule has 5 heteroatoms. The Morgan fingerprint density at radius 2 is 2.24 bits per heavy atom. The standard InChI is InChI=1S/C12H22N2O3/c1-2-4-11(15)14-6-3-5-10(9-14)7-13-8-12(16)17/h10,13H,2-9H2,1H3,(H,16,17). The molecule has 1 heterocycles. The van der Waals surface area contributed by atoms with Crippen molar-refractivity contribution in [3.05, 3.63) is 0 Å². The molecule has 17 heavy (non-hydrogen) atoms. The molecule has 1 fully saturated rings. The molecule has 1 saturated heterocycles. The van der Waals surface area contributed by atoms with Gasteiger partial charge in [-0.15, -0.1) is 0 Å². The summed E-state index contributed by atoms with van der Waals surface area (Å²) in [6, 6.07) is 0. The highest BCUT2D eigenvalue weighted by Crippen LogP contribution is 2.16. The van der Waals surface area contributed by atoms with Gasteiger partial charge in [0, 0.05) is 26.1 Å². The Hall–Kier alpha value is -1.10. The topological polar surface area (TPSA) is 69.6 Å². The van der Waals surface area contributed by atoms with Crippen molar-refractivity contribution in [3.8, 4) is 0 Å². The van der Waals surface area contributed by atoms with E-state index in [-0.39, 0.29) is 12.5 Å². The minimum absolute atomic E-state index is 0.000589. The summed E-state index contributed by atoms with van der Waals surface area (Å²) in [5.74, 6) is -0.209. The second-order valence-electron chi connectivity index (χ2n) is 4.62. The lowest BCUT2D eigenvalue weighted by atomic mass is 9.97. The molecular formula is C12H22N2O3. The van der Waals surface area contributed by atoms with E-state index in [1.54, 1.807) is 0 Å². The zero-order valence-corrected chi connectivity index (χ0v) is 10.4. The van der Waals surface area contributed by atoms with Gasteiger partial charge in [-0.25, -0.2) is 0 Å². The summed E-state index contributed by atoms with van der Waals surface area (Å²) < 4.78 is 0. The van der Waals surface area contributed by atoms with Gasteiger partial charge in [0.1, 0.15) is 0 Å². The minimum Gasteiger partial charge on any atom is -0.480 e. The molecular weight excluding hydrogens is 220 g/mol. The van der Waals surface area contributed by atoms with E-state index in [9.17, 15) is 9.59 Å². The Morgan fingerprint density at radius 3 is 2.88 bits per heavy atom. The van der Waals surface area contributed by atoms with Gasteiger partial charge in [-0.3, -0.25) is 9.59 Å².